The van der Waals surface area contributed by atoms with Gasteiger partial charge in [-0.25, -0.2) is 4.90 Å². The van der Waals surface area contributed by atoms with Crippen LogP contribution in [-0.4, -0.2) is 30.2 Å². The number of benzene rings is 4. The van der Waals surface area contributed by atoms with E-state index in [4.69, 9.17) is 4.74 Å². The lowest BCUT2D eigenvalue weighted by molar-refractivity contribution is -0.139. The Balaban J connectivity index is 1.02. The Morgan fingerprint density at radius 1 is 0.674 bits per heavy atom. The van der Waals surface area contributed by atoms with E-state index in [9.17, 15) is 19.2 Å². The van der Waals surface area contributed by atoms with Gasteiger partial charge in [-0.15, -0.1) is 0 Å². The molecular formula is C35H25BrN2O5. The van der Waals surface area contributed by atoms with Crippen LogP contribution in [0.3, 0.4) is 0 Å². The van der Waals surface area contributed by atoms with Gasteiger partial charge in [-0.1, -0.05) is 64.5 Å². The number of imide groups is 1. The second-order valence-corrected chi connectivity index (χ2v) is 12.5. The Morgan fingerprint density at radius 3 is 1.67 bits per heavy atom. The van der Waals surface area contributed by atoms with E-state index in [1.807, 2.05) is 48.5 Å². The zero-order valence-electron chi connectivity index (χ0n) is 22.9. The van der Waals surface area contributed by atoms with Crippen LogP contribution in [0.2, 0.25) is 0 Å². The van der Waals surface area contributed by atoms with Crippen LogP contribution in [0.15, 0.2) is 102 Å². The maximum Gasteiger partial charge on any atom is 0.316 e. The van der Waals surface area contributed by atoms with E-state index in [0.29, 0.717) is 11.4 Å². The first-order valence-corrected chi connectivity index (χ1v) is 15.1. The summed E-state index contributed by atoms with van der Waals surface area (Å²) in [5, 5.41) is 0. The Morgan fingerprint density at radius 2 is 1.16 bits per heavy atom. The molecule has 2 heterocycles. The van der Waals surface area contributed by atoms with Crippen molar-refractivity contribution in [3.8, 4) is 5.75 Å². The van der Waals surface area contributed by atoms with Gasteiger partial charge in [-0.2, -0.15) is 0 Å². The molecule has 3 atom stereocenters. The normalized spacial score (nSPS) is 25.0. The molecule has 3 amide bonds. The minimum Gasteiger partial charge on any atom is -0.426 e. The lowest BCUT2D eigenvalue weighted by Crippen LogP contribution is -2.41. The van der Waals surface area contributed by atoms with Gasteiger partial charge < -0.3 is 9.64 Å². The van der Waals surface area contributed by atoms with Crippen LogP contribution in [0.4, 0.5) is 11.4 Å². The largest absolute Gasteiger partial charge is 0.426 e. The molecule has 2 saturated heterocycles. The Bertz CT molecular complexity index is 1720. The molecule has 4 aromatic rings. The van der Waals surface area contributed by atoms with E-state index in [-0.39, 0.29) is 42.5 Å². The minimum absolute atomic E-state index is 0.0691. The molecule has 0 unspecified atom stereocenters. The second kappa shape index (κ2) is 9.74. The molecule has 9 rings (SSSR count). The number of amides is 3. The summed E-state index contributed by atoms with van der Waals surface area (Å²) in [6.07, 6.45) is 0.0691. The third kappa shape index (κ3) is 3.93. The number of hydrogen-bond donors (Lipinski definition) is 0. The fourth-order valence-corrected chi connectivity index (χ4v) is 7.79. The highest BCUT2D eigenvalue weighted by Gasteiger charge is 2.61. The molecule has 5 aliphatic rings. The van der Waals surface area contributed by atoms with E-state index >= 15 is 0 Å². The standard InChI is InChI=1S/C35H25BrN2O5/c36-20-9-11-21(12-10-20)37-18-19(17-28(37)39)35(42)43-23-15-13-22(14-16-23)38-33(40)31-29-24-5-1-2-6-25(24)30(32(31)34(38)41)27-8-4-3-7-26(27)29/h1-16,19,29-32H,17-18H2/t19-,29?,30?,31-,32+/m0/s1. The number of anilines is 2. The summed E-state index contributed by atoms with van der Waals surface area (Å²) in [6, 6.07) is 30.1. The van der Waals surface area contributed by atoms with E-state index in [2.05, 4.69) is 40.2 Å². The fraction of sp³-hybridized carbons (Fsp3) is 0.200. The molecule has 0 aromatic heterocycles. The summed E-state index contributed by atoms with van der Waals surface area (Å²) in [5.41, 5.74) is 5.69. The quantitative estimate of drug-likeness (QED) is 0.161. The molecule has 0 N–H and O–H groups in total. The van der Waals surface area contributed by atoms with Gasteiger partial charge >= 0.3 is 5.97 Å². The van der Waals surface area contributed by atoms with Gasteiger partial charge in [0.25, 0.3) is 0 Å². The Kier molecular flexibility index (Phi) is 5.91. The third-order valence-corrected chi connectivity index (χ3v) is 9.89. The molecule has 0 spiro atoms. The number of esters is 1. The zero-order chi connectivity index (χ0) is 29.4. The van der Waals surface area contributed by atoms with Crippen molar-refractivity contribution in [1.29, 1.82) is 0 Å². The Hall–Kier alpha value is -4.56. The molecule has 4 aromatic carbocycles. The lowest BCUT2D eigenvalue weighted by atomic mass is 9.55. The smallest absolute Gasteiger partial charge is 0.316 e. The molecule has 2 aliphatic heterocycles. The first kappa shape index (κ1) is 26.1. The monoisotopic (exact) mass is 632 g/mol. The maximum atomic E-state index is 14.0. The molecule has 212 valence electrons. The van der Waals surface area contributed by atoms with Crippen molar-refractivity contribution in [3.05, 3.63) is 124 Å². The number of nitrogens with zero attached hydrogens (tertiary/aromatic N) is 2. The predicted octanol–water partition coefficient (Wildman–Crippen LogP) is 5.80. The number of halogens is 1. The first-order chi connectivity index (χ1) is 20.9. The Labute approximate surface area is 256 Å². The summed E-state index contributed by atoms with van der Waals surface area (Å²) >= 11 is 3.39. The van der Waals surface area contributed by atoms with Crippen LogP contribution in [0.5, 0.6) is 5.75 Å². The van der Waals surface area contributed by atoms with Crippen molar-refractivity contribution in [2.45, 2.75) is 18.3 Å². The van der Waals surface area contributed by atoms with Gasteiger partial charge in [0.2, 0.25) is 17.7 Å². The van der Waals surface area contributed by atoms with Crippen molar-refractivity contribution in [3.63, 3.8) is 0 Å². The van der Waals surface area contributed by atoms with Gasteiger partial charge in [-0.05, 0) is 70.8 Å². The van der Waals surface area contributed by atoms with Crippen LogP contribution < -0.4 is 14.5 Å². The van der Waals surface area contributed by atoms with E-state index in [0.717, 1.165) is 32.4 Å². The van der Waals surface area contributed by atoms with Crippen LogP contribution in [0.1, 0.15) is 40.5 Å². The van der Waals surface area contributed by atoms with E-state index in [1.165, 1.54) is 4.90 Å². The molecule has 0 saturated carbocycles. The first-order valence-electron chi connectivity index (χ1n) is 14.3. The van der Waals surface area contributed by atoms with Crippen LogP contribution >= 0.6 is 15.9 Å². The van der Waals surface area contributed by atoms with Crippen LogP contribution in [0.25, 0.3) is 0 Å². The highest BCUT2D eigenvalue weighted by atomic mass is 79.9. The number of rotatable bonds is 4. The van der Waals surface area contributed by atoms with Gasteiger partial charge in [-0.3, -0.25) is 19.2 Å². The van der Waals surface area contributed by atoms with Gasteiger partial charge in [0.05, 0.1) is 23.4 Å². The summed E-state index contributed by atoms with van der Waals surface area (Å²) in [5.74, 6) is -2.60. The summed E-state index contributed by atoms with van der Waals surface area (Å²) in [7, 11) is 0. The molecular weight excluding hydrogens is 608 g/mol. The highest BCUT2D eigenvalue weighted by molar-refractivity contribution is 9.10. The molecule has 43 heavy (non-hydrogen) atoms. The summed E-state index contributed by atoms with van der Waals surface area (Å²) in [6.45, 7) is 0.240. The van der Waals surface area contributed by atoms with Crippen molar-refractivity contribution < 1.29 is 23.9 Å². The molecule has 0 radical (unpaired) electrons. The average Bonchev–Trinajstić information content (AvgIpc) is 3.55. The average molecular weight is 633 g/mol. The fourth-order valence-electron chi connectivity index (χ4n) is 7.53. The van der Waals surface area contributed by atoms with Crippen molar-refractivity contribution in [1.82, 2.24) is 0 Å². The van der Waals surface area contributed by atoms with Crippen LogP contribution in [-0.2, 0) is 19.2 Å². The number of carbonyl (C=O) groups excluding carboxylic acids is 4. The van der Waals surface area contributed by atoms with Gasteiger partial charge in [0.15, 0.2) is 0 Å². The van der Waals surface area contributed by atoms with Crippen LogP contribution in [0, 0.1) is 17.8 Å². The van der Waals surface area contributed by atoms with Gasteiger partial charge in [0.1, 0.15) is 5.75 Å². The number of carbonyl (C=O) groups is 4. The second-order valence-electron chi connectivity index (χ2n) is 11.6. The minimum atomic E-state index is -0.598. The van der Waals surface area contributed by atoms with Crippen molar-refractivity contribution in [2.75, 3.05) is 16.3 Å². The molecule has 8 heteroatoms. The molecule has 3 aliphatic carbocycles. The highest BCUT2D eigenvalue weighted by Crippen LogP contribution is 2.61. The number of hydrogen-bond acceptors (Lipinski definition) is 5. The molecule has 2 fully saturated rings. The van der Waals surface area contributed by atoms with Gasteiger partial charge in [0, 0.05) is 35.0 Å². The van der Waals surface area contributed by atoms with Crippen molar-refractivity contribution in [2.24, 2.45) is 17.8 Å². The van der Waals surface area contributed by atoms with E-state index in [1.54, 1.807) is 29.2 Å². The van der Waals surface area contributed by atoms with E-state index < -0.39 is 23.7 Å². The summed E-state index contributed by atoms with van der Waals surface area (Å²) in [4.78, 5) is 56.4. The maximum absolute atomic E-state index is 14.0. The number of ether oxygens (including phenoxy) is 1. The topological polar surface area (TPSA) is 84.0 Å². The third-order valence-electron chi connectivity index (χ3n) is 9.36. The SMILES string of the molecule is O=C(Oc1ccc(N2C(=O)[C@@H]3C4c5ccccc5C(c5ccccc54)[C@@H]3C2=O)cc1)[C@H]1CC(=O)N(c2ccc(Br)cc2)C1. The van der Waals surface area contributed by atoms with Crippen molar-refractivity contribution >= 4 is 51.0 Å². The predicted molar refractivity (Wildman–Crippen MR) is 163 cm³/mol. The molecule has 2 bridgehead atoms. The zero-order valence-corrected chi connectivity index (χ0v) is 24.4. The summed E-state index contributed by atoms with van der Waals surface area (Å²) < 4.78 is 6.53. The molecule has 7 nitrogen and oxygen atoms in total. The lowest BCUT2D eigenvalue weighted by Gasteiger charge is -2.45.